The third-order valence-corrected chi connectivity index (χ3v) is 4.58. The van der Waals surface area contributed by atoms with E-state index in [1.165, 1.54) is 11.5 Å². The molecule has 2 aromatic rings. The van der Waals surface area contributed by atoms with E-state index >= 15 is 0 Å². The normalized spacial score (nSPS) is 16.8. The van der Waals surface area contributed by atoms with Crippen molar-refractivity contribution < 1.29 is 0 Å². The Morgan fingerprint density at radius 2 is 2.05 bits per heavy atom. The lowest BCUT2D eigenvalue weighted by molar-refractivity contribution is 0.393. The highest BCUT2D eigenvalue weighted by molar-refractivity contribution is 7.09. The lowest BCUT2D eigenvalue weighted by Gasteiger charge is -2.32. The van der Waals surface area contributed by atoms with Crippen LogP contribution in [0.25, 0.3) is 0 Å². The molecule has 1 aliphatic heterocycles. The van der Waals surface area contributed by atoms with Crippen LogP contribution in [0.2, 0.25) is 0 Å². The van der Waals surface area contributed by atoms with Crippen molar-refractivity contribution in [1.29, 1.82) is 0 Å². The summed E-state index contributed by atoms with van der Waals surface area (Å²) >= 11 is 1.49. The second-order valence-corrected chi connectivity index (χ2v) is 5.77. The Morgan fingerprint density at radius 1 is 1.30 bits per heavy atom. The van der Waals surface area contributed by atoms with Crippen molar-refractivity contribution in [2.45, 2.75) is 39.2 Å². The number of aromatic nitrogens is 5. The number of piperidine rings is 1. The first-order valence-corrected chi connectivity index (χ1v) is 7.71. The maximum absolute atomic E-state index is 5.89. The maximum atomic E-state index is 5.89. The molecule has 8 heteroatoms. The smallest absolute Gasteiger partial charge is 0.222 e. The molecule has 3 heterocycles. The van der Waals surface area contributed by atoms with Gasteiger partial charge in [0.25, 0.3) is 0 Å². The predicted molar refractivity (Wildman–Crippen MR) is 78.9 cm³/mol. The second-order valence-electron chi connectivity index (χ2n) is 5.04. The first kappa shape index (κ1) is 13.3. The fourth-order valence-electron chi connectivity index (χ4n) is 2.67. The Bertz CT molecular complexity index is 563. The molecule has 0 radical (unpaired) electrons. The number of rotatable bonds is 3. The van der Waals surface area contributed by atoms with E-state index in [-0.39, 0.29) is 0 Å². The number of hydrogen-bond acceptors (Lipinski definition) is 7. The zero-order valence-electron chi connectivity index (χ0n) is 11.8. The SMILES string of the molecule is CCc1nsc(N2CCC(n3c(C)nnc3N)CC2)n1. The molecule has 7 nitrogen and oxygen atoms in total. The van der Waals surface area contributed by atoms with Gasteiger partial charge in [0.15, 0.2) is 0 Å². The van der Waals surface area contributed by atoms with E-state index in [2.05, 4.69) is 35.9 Å². The Kier molecular flexibility index (Phi) is 3.56. The van der Waals surface area contributed by atoms with Crippen LogP contribution in [-0.2, 0) is 6.42 Å². The highest BCUT2D eigenvalue weighted by Gasteiger charge is 2.25. The molecular weight excluding hydrogens is 274 g/mol. The van der Waals surface area contributed by atoms with Crippen molar-refractivity contribution in [3.05, 3.63) is 11.6 Å². The Morgan fingerprint density at radius 3 is 2.60 bits per heavy atom. The van der Waals surface area contributed by atoms with Crippen molar-refractivity contribution in [3.8, 4) is 0 Å². The quantitative estimate of drug-likeness (QED) is 0.921. The molecule has 108 valence electrons. The summed E-state index contributed by atoms with van der Waals surface area (Å²) < 4.78 is 6.40. The second kappa shape index (κ2) is 5.35. The van der Waals surface area contributed by atoms with E-state index in [1.54, 1.807) is 0 Å². The van der Waals surface area contributed by atoms with Gasteiger partial charge in [-0.15, -0.1) is 10.2 Å². The summed E-state index contributed by atoms with van der Waals surface area (Å²) in [6, 6.07) is 0.389. The van der Waals surface area contributed by atoms with Gasteiger partial charge < -0.3 is 10.6 Å². The number of nitrogens with two attached hydrogens (primary N) is 1. The molecule has 0 aliphatic carbocycles. The first-order valence-electron chi connectivity index (χ1n) is 6.93. The van der Waals surface area contributed by atoms with Gasteiger partial charge in [0.05, 0.1) is 0 Å². The van der Waals surface area contributed by atoms with Crippen LogP contribution in [0.15, 0.2) is 0 Å². The van der Waals surface area contributed by atoms with Gasteiger partial charge in [-0.05, 0) is 19.8 Å². The van der Waals surface area contributed by atoms with Crippen LogP contribution in [-0.4, -0.2) is 37.2 Å². The molecule has 2 aromatic heterocycles. The number of anilines is 2. The minimum atomic E-state index is 0.389. The zero-order valence-corrected chi connectivity index (χ0v) is 12.6. The molecule has 0 bridgehead atoms. The molecule has 3 rings (SSSR count). The average Bonchev–Trinajstić information content (AvgIpc) is 3.06. The van der Waals surface area contributed by atoms with Crippen LogP contribution in [0.4, 0.5) is 11.1 Å². The average molecular weight is 293 g/mol. The minimum absolute atomic E-state index is 0.389. The summed E-state index contributed by atoms with van der Waals surface area (Å²) in [6.07, 6.45) is 2.96. The molecule has 0 aromatic carbocycles. The summed E-state index contributed by atoms with van der Waals surface area (Å²) in [4.78, 5) is 6.86. The van der Waals surface area contributed by atoms with Crippen LogP contribution >= 0.6 is 11.5 Å². The summed E-state index contributed by atoms with van der Waals surface area (Å²) in [5, 5.41) is 9.01. The van der Waals surface area contributed by atoms with Gasteiger partial charge in [-0.1, -0.05) is 6.92 Å². The van der Waals surface area contributed by atoms with E-state index < -0.39 is 0 Å². The third kappa shape index (κ3) is 2.35. The van der Waals surface area contributed by atoms with E-state index in [1.807, 2.05) is 6.92 Å². The maximum Gasteiger partial charge on any atom is 0.222 e. The molecule has 0 atom stereocenters. The standard InChI is InChI=1S/C12H19N7S/c1-3-10-14-12(20-17-10)18-6-4-9(5-7-18)19-8(2)15-16-11(19)13/h9H,3-7H2,1-2H3,(H2,13,16). The molecular formula is C12H19N7S. The Balaban J connectivity index is 1.68. The van der Waals surface area contributed by atoms with Crippen molar-refractivity contribution in [2.75, 3.05) is 23.7 Å². The van der Waals surface area contributed by atoms with E-state index in [0.29, 0.717) is 12.0 Å². The largest absolute Gasteiger partial charge is 0.368 e. The molecule has 1 saturated heterocycles. The van der Waals surface area contributed by atoms with Crippen molar-refractivity contribution in [1.82, 2.24) is 24.1 Å². The summed E-state index contributed by atoms with van der Waals surface area (Å²) in [5.74, 6) is 2.35. The molecule has 0 spiro atoms. The fourth-order valence-corrected chi connectivity index (χ4v) is 3.47. The molecule has 2 N–H and O–H groups in total. The Labute approximate surface area is 122 Å². The molecule has 20 heavy (non-hydrogen) atoms. The van der Waals surface area contributed by atoms with Gasteiger partial charge in [0, 0.05) is 37.1 Å². The lowest BCUT2D eigenvalue weighted by atomic mass is 10.1. The van der Waals surface area contributed by atoms with E-state index in [4.69, 9.17) is 5.73 Å². The Hall–Kier alpha value is -1.70. The van der Waals surface area contributed by atoms with E-state index in [0.717, 1.165) is 49.1 Å². The summed E-state index contributed by atoms with van der Waals surface area (Å²) in [6.45, 7) is 5.98. The van der Waals surface area contributed by atoms with E-state index in [9.17, 15) is 0 Å². The highest BCUT2D eigenvalue weighted by atomic mass is 32.1. The van der Waals surface area contributed by atoms with Gasteiger partial charge in [-0.25, -0.2) is 4.98 Å². The van der Waals surface area contributed by atoms with Crippen LogP contribution in [0.3, 0.4) is 0 Å². The van der Waals surface area contributed by atoms with Gasteiger partial charge in [0.2, 0.25) is 11.1 Å². The predicted octanol–water partition coefficient (Wildman–Crippen LogP) is 1.42. The van der Waals surface area contributed by atoms with Crippen LogP contribution in [0.5, 0.6) is 0 Å². The summed E-state index contributed by atoms with van der Waals surface area (Å²) in [7, 11) is 0. The number of nitrogens with zero attached hydrogens (tertiary/aromatic N) is 6. The molecule has 0 saturated carbocycles. The molecule has 0 amide bonds. The van der Waals surface area contributed by atoms with Crippen molar-refractivity contribution in [3.63, 3.8) is 0 Å². The number of aryl methyl sites for hydroxylation is 2. The zero-order chi connectivity index (χ0) is 14.1. The van der Waals surface area contributed by atoms with Gasteiger partial charge in [-0.2, -0.15) is 4.37 Å². The molecule has 1 fully saturated rings. The van der Waals surface area contributed by atoms with Gasteiger partial charge in [0.1, 0.15) is 11.6 Å². The lowest BCUT2D eigenvalue weighted by Crippen LogP contribution is -2.35. The summed E-state index contributed by atoms with van der Waals surface area (Å²) in [5.41, 5.74) is 5.89. The minimum Gasteiger partial charge on any atom is -0.368 e. The van der Waals surface area contributed by atoms with Crippen molar-refractivity contribution >= 4 is 22.6 Å². The third-order valence-electron chi connectivity index (χ3n) is 3.77. The topological polar surface area (TPSA) is 85.8 Å². The fraction of sp³-hybridized carbons (Fsp3) is 0.667. The van der Waals surface area contributed by atoms with Crippen LogP contribution in [0.1, 0.15) is 37.5 Å². The van der Waals surface area contributed by atoms with Gasteiger partial charge >= 0.3 is 0 Å². The molecule has 0 unspecified atom stereocenters. The van der Waals surface area contributed by atoms with Crippen molar-refractivity contribution in [2.24, 2.45) is 0 Å². The number of hydrogen-bond donors (Lipinski definition) is 1. The monoisotopic (exact) mass is 293 g/mol. The first-order chi connectivity index (χ1) is 9.69. The number of nitrogen functional groups attached to an aromatic ring is 1. The highest BCUT2D eigenvalue weighted by Crippen LogP contribution is 2.29. The van der Waals surface area contributed by atoms with Gasteiger partial charge in [-0.3, -0.25) is 4.57 Å². The van der Waals surface area contributed by atoms with Crippen LogP contribution in [0, 0.1) is 6.92 Å². The van der Waals surface area contributed by atoms with Crippen LogP contribution < -0.4 is 10.6 Å². The molecule has 1 aliphatic rings.